The lowest BCUT2D eigenvalue weighted by atomic mass is 9.97. The number of carbonyl (C=O) groups is 2. The van der Waals surface area contributed by atoms with Gasteiger partial charge in [-0.1, -0.05) is 18.9 Å². The van der Waals surface area contributed by atoms with Gasteiger partial charge in [-0.2, -0.15) is 0 Å². The first-order valence-corrected chi connectivity index (χ1v) is 8.30. The van der Waals surface area contributed by atoms with Gasteiger partial charge in [-0.15, -0.1) is 0 Å². The van der Waals surface area contributed by atoms with Crippen LogP contribution in [-0.2, 0) is 0 Å². The van der Waals surface area contributed by atoms with Crippen molar-refractivity contribution in [2.24, 2.45) is 5.73 Å². The molecule has 0 saturated heterocycles. The van der Waals surface area contributed by atoms with E-state index in [9.17, 15) is 9.59 Å². The molecule has 0 heterocycles. The molecule has 5 N–H and O–H groups in total. The summed E-state index contributed by atoms with van der Waals surface area (Å²) in [6.45, 7) is 0.459. The van der Waals surface area contributed by atoms with Crippen molar-refractivity contribution in [1.29, 1.82) is 0 Å². The van der Waals surface area contributed by atoms with E-state index < -0.39 is 0 Å². The Morgan fingerprint density at radius 1 is 1.22 bits per heavy atom. The van der Waals surface area contributed by atoms with Crippen LogP contribution in [-0.4, -0.2) is 30.1 Å². The average molecular weight is 316 g/mol. The predicted octanol–water partition coefficient (Wildman–Crippen LogP) is 1.97. The summed E-state index contributed by atoms with van der Waals surface area (Å²) in [5, 5.41) is 8.72. The van der Waals surface area contributed by atoms with Gasteiger partial charge in [0.1, 0.15) is 0 Å². The van der Waals surface area contributed by atoms with Crippen LogP contribution in [0.2, 0.25) is 0 Å². The summed E-state index contributed by atoms with van der Waals surface area (Å²) in [7, 11) is 0. The minimum absolute atomic E-state index is 0.136. The fraction of sp³-hybridized carbons (Fsp3) is 0.529. The van der Waals surface area contributed by atoms with Gasteiger partial charge in [-0.3, -0.25) is 4.79 Å². The molecule has 3 rings (SSSR count). The highest BCUT2D eigenvalue weighted by Crippen LogP contribution is 2.29. The summed E-state index contributed by atoms with van der Waals surface area (Å²) < 4.78 is 0. The maximum atomic E-state index is 12.5. The van der Waals surface area contributed by atoms with Gasteiger partial charge in [-0.25, -0.2) is 4.79 Å². The van der Waals surface area contributed by atoms with Gasteiger partial charge in [0.15, 0.2) is 0 Å². The molecule has 23 heavy (non-hydrogen) atoms. The molecule has 0 unspecified atom stereocenters. The van der Waals surface area contributed by atoms with Crippen LogP contribution in [0.5, 0.6) is 0 Å². The van der Waals surface area contributed by atoms with Crippen LogP contribution < -0.4 is 21.7 Å². The van der Waals surface area contributed by atoms with Crippen LogP contribution in [0.3, 0.4) is 0 Å². The van der Waals surface area contributed by atoms with Crippen molar-refractivity contribution >= 4 is 17.6 Å². The third kappa shape index (κ3) is 4.01. The molecule has 3 amide bonds. The summed E-state index contributed by atoms with van der Waals surface area (Å²) in [5.41, 5.74) is 6.74. The van der Waals surface area contributed by atoms with Gasteiger partial charge in [0.05, 0.1) is 5.54 Å². The molecule has 0 atom stereocenters. The first-order chi connectivity index (χ1) is 11.1. The summed E-state index contributed by atoms with van der Waals surface area (Å²) in [6.07, 6.45) is 6.13. The summed E-state index contributed by atoms with van der Waals surface area (Å²) >= 11 is 0. The van der Waals surface area contributed by atoms with E-state index in [4.69, 9.17) is 5.73 Å². The van der Waals surface area contributed by atoms with Crippen molar-refractivity contribution in [3.8, 4) is 0 Å². The lowest BCUT2D eigenvalue weighted by molar-refractivity contribution is 0.0903. The highest BCUT2D eigenvalue weighted by atomic mass is 16.2. The van der Waals surface area contributed by atoms with Gasteiger partial charge in [0, 0.05) is 23.8 Å². The van der Waals surface area contributed by atoms with E-state index in [-0.39, 0.29) is 17.5 Å². The van der Waals surface area contributed by atoms with E-state index in [0.29, 0.717) is 23.8 Å². The number of hydrogen-bond donors (Lipinski definition) is 4. The molecule has 0 radical (unpaired) electrons. The van der Waals surface area contributed by atoms with Crippen LogP contribution in [0.1, 0.15) is 48.9 Å². The standard InChI is InChI=1S/C17H24N4O2/c18-11-17(8-1-2-9-17)21-15(22)12-4-3-5-14(10-12)20-16(23)19-13-6-7-13/h3-5,10,13H,1-2,6-9,11,18H2,(H,21,22)(H2,19,20,23). The number of hydrogen-bond acceptors (Lipinski definition) is 3. The number of benzene rings is 1. The second-order valence-electron chi connectivity index (χ2n) is 6.60. The zero-order valence-electron chi connectivity index (χ0n) is 13.2. The molecule has 2 aliphatic carbocycles. The van der Waals surface area contributed by atoms with Crippen LogP contribution in [0, 0.1) is 0 Å². The number of rotatable bonds is 5. The fourth-order valence-corrected chi connectivity index (χ4v) is 3.06. The van der Waals surface area contributed by atoms with Crippen molar-refractivity contribution in [1.82, 2.24) is 10.6 Å². The third-order valence-electron chi connectivity index (χ3n) is 4.63. The van der Waals surface area contributed by atoms with Crippen LogP contribution in [0.15, 0.2) is 24.3 Å². The quantitative estimate of drug-likeness (QED) is 0.668. The molecule has 1 aromatic rings. The molecule has 2 saturated carbocycles. The summed E-state index contributed by atoms with van der Waals surface area (Å²) in [4.78, 5) is 24.3. The maximum Gasteiger partial charge on any atom is 0.319 e. The highest BCUT2D eigenvalue weighted by Gasteiger charge is 2.34. The van der Waals surface area contributed by atoms with Gasteiger partial charge < -0.3 is 21.7 Å². The van der Waals surface area contributed by atoms with Crippen molar-refractivity contribution in [3.05, 3.63) is 29.8 Å². The van der Waals surface area contributed by atoms with Gasteiger partial charge in [0.25, 0.3) is 5.91 Å². The number of amides is 3. The summed E-state index contributed by atoms with van der Waals surface area (Å²) in [6, 6.07) is 7.06. The number of nitrogens with one attached hydrogen (secondary N) is 3. The van der Waals surface area contributed by atoms with Gasteiger partial charge >= 0.3 is 6.03 Å². The van der Waals surface area contributed by atoms with E-state index in [1.165, 1.54) is 0 Å². The Hall–Kier alpha value is -2.08. The van der Waals surface area contributed by atoms with E-state index in [2.05, 4.69) is 16.0 Å². The van der Waals surface area contributed by atoms with Crippen LogP contribution in [0.4, 0.5) is 10.5 Å². The molecule has 1 aromatic carbocycles. The first-order valence-electron chi connectivity index (χ1n) is 8.30. The van der Waals surface area contributed by atoms with E-state index in [1.807, 2.05) is 0 Å². The van der Waals surface area contributed by atoms with Gasteiger partial charge in [0.2, 0.25) is 0 Å². The molecule has 124 valence electrons. The zero-order chi connectivity index (χ0) is 16.3. The Balaban J connectivity index is 1.63. The Morgan fingerprint density at radius 2 is 1.96 bits per heavy atom. The van der Waals surface area contributed by atoms with Crippen molar-refractivity contribution in [3.63, 3.8) is 0 Å². The Labute approximate surface area is 136 Å². The fourth-order valence-electron chi connectivity index (χ4n) is 3.06. The van der Waals surface area contributed by atoms with E-state index >= 15 is 0 Å². The maximum absolute atomic E-state index is 12.5. The first kappa shape index (κ1) is 15.8. The van der Waals surface area contributed by atoms with Crippen molar-refractivity contribution in [2.45, 2.75) is 50.1 Å². The Bertz CT molecular complexity index is 592. The molecule has 0 aliphatic heterocycles. The largest absolute Gasteiger partial charge is 0.345 e. The van der Waals surface area contributed by atoms with Crippen LogP contribution >= 0.6 is 0 Å². The molecule has 2 fully saturated rings. The predicted molar refractivity (Wildman–Crippen MR) is 89.3 cm³/mol. The SMILES string of the molecule is NCC1(NC(=O)c2cccc(NC(=O)NC3CC3)c2)CCCC1. The summed E-state index contributed by atoms with van der Waals surface area (Å²) in [5.74, 6) is -0.136. The monoisotopic (exact) mass is 316 g/mol. The van der Waals surface area contributed by atoms with Crippen molar-refractivity contribution < 1.29 is 9.59 Å². The molecule has 0 bridgehead atoms. The second-order valence-corrected chi connectivity index (χ2v) is 6.60. The lowest BCUT2D eigenvalue weighted by Gasteiger charge is -2.28. The molecule has 2 aliphatic rings. The van der Waals surface area contributed by atoms with Crippen LogP contribution in [0.25, 0.3) is 0 Å². The number of anilines is 1. The average Bonchev–Trinajstić information content (AvgIpc) is 3.23. The molecule has 6 nitrogen and oxygen atoms in total. The molecular formula is C17H24N4O2. The Morgan fingerprint density at radius 3 is 2.61 bits per heavy atom. The third-order valence-corrected chi connectivity index (χ3v) is 4.63. The van der Waals surface area contributed by atoms with Crippen molar-refractivity contribution in [2.75, 3.05) is 11.9 Å². The lowest BCUT2D eigenvalue weighted by Crippen LogP contribution is -2.51. The molecular weight excluding hydrogens is 292 g/mol. The Kier molecular flexibility index (Phi) is 4.52. The number of urea groups is 1. The zero-order valence-corrected chi connectivity index (χ0v) is 13.2. The molecule has 0 aromatic heterocycles. The normalized spacial score (nSPS) is 19.2. The minimum atomic E-state index is -0.274. The minimum Gasteiger partial charge on any atom is -0.345 e. The number of carbonyl (C=O) groups excluding carboxylic acids is 2. The second kappa shape index (κ2) is 6.58. The van der Waals surface area contributed by atoms with E-state index in [1.54, 1.807) is 24.3 Å². The van der Waals surface area contributed by atoms with E-state index in [0.717, 1.165) is 38.5 Å². The smallest absolute Gasteiger partial charge is 0.319 e. The molecule has 0 spiro atoms. The highest BCUT2D eigenvalue weighted by molar-refractivity contribution is 5.97. The van der Waals surface area contributed by atoms with Gasteiger partial charge in [-0.05, 0) is 43.9 Å². The molecule has 6 heteroatoms. The topological polar surface area (TPSA) is 96.2 Å². The number of nitrogens with two attached hydrogens (primary N) is 1.